The molecule has 2 fully saturated rings. The van der Waals surface area contributed by atoms with Gasteiger partial charge < -0.3 is 9.47 Å². The Morgan fingerprint density at radius 3 is 2.60 bits per heavy atom. The fourth-order valence-electron chi connectivity index (χ4n) is 2.48. The summed E-state index contributed by atoms with van der Waals surface area (Å²) < 4.78 is 10.1. The summed E-state index contributed by atoms with van der Waals surface area (Å²) >= 11 is 0. The molecule has 0 spiro atoms. The van der Waals surface area contributed by atoms with Crippen LogP contribution in [0.3, 0.4) is 0 Å². The fraction of sp³-hybridized carbons (Fsp3) is 0.909. The Hall–Kier alpha value is -0.610. The maximum atomic E-state index is 11.3. The van der Waals surface area contributed by atoms with Crippen LogP contribution in [-0.2, 0) is 14.3 Å². The van der Waals surface area contributed by atoms with Gasteiger partial charge in [0.2, 0.25) is 0 Å². The number of ether oxygens (including phenoxy) is 2. The molecule has 15 heavy (non-hydrogen) atoms. The van der Waals surface area contributed by atoms with Crippen LogP contribution < -0.4 is 0 Å². The van der Waals surface area contributed by atoms with E-state index in [9.17, 15) is 4.79 Å². The number of nitrogens with zero attached hydrogens (tertiary/aromatic N) is 1. The standard InChI is InChI=1S/C11H19NO3/c1-14-11(13)9-2-5-12(6-3-9)10-4-7-15-8-10/h9-10H,2-8H2,1H3. The van der Waals surface area contributed by atoms with Crippen molar-refractivity contribution in [2.45, 2.75) is 25.3 Å². The van der Waals surface area contributed by atoms with Gasteiger partial charge in [0.15, 0.2) is 0 Å². The summed E-state index contributed by atoms with van der Waals surface area (Å²) in [5.74, 6) is 0.0749. The van der Waals surface area contributed by atoms with E-state index in [1.54, 1.807) is 0 Å². The van der Waals surface area contributed by atoms with Crippen molar-refractivity contribution in [1.82, 2.24) is 4.90 Å². The number of methoxy groups -OCH3 is 1. The fourth-order valence-corrected chi connectivity index (χ4v) is 2.48. The van der Waals surface area contributed by atoms with Gasteiger partial charge >= 0.3 is 5.97 Å². The first-order valence-electron chi connectivity index (χ1n) is 5.71. The van der Waals surface area contributed by atoms with E-state index in [1.165, 1.54) is 7.11 Å². The predicted molar refractivity (Wildman–Crippen MR) is 55.5 cm³/mol. The molecule has 0 aromatic carbocycles. The lowest BCUT2D eigenvalue weighted by molar-refractivity contribution is -0.147. The highest BCUT2D eigenvalue weighted by Crippen LogP contribution is 2.22. The molecule has 1 atom stereocenters. The van der Waals surface area contributed by atoms with Crippen LogP contribution in [0.1, 0.15) is 19.3 Å². The summed E-state index contributed by atoms with van der Waals surface area (Å²) in [6, 6.07) is 0.587. The highest BCUT2D eigenvalue weighted by atomic mass is 16.5. The highest BCUT2D eigenvalue weighted by Gasteiger charge is 2.30. The van der Waals surface area contributed by atoms with Gasteiger partial charge in [-0.2, -0.15) is 0 Å². The number of rotatable bonds is 2. The van der Waals surface area contributed by atoms with Crippen LogP contribution >= 0.6 is 0 Å². The van der Waals surface area contributed by atoms with E-state index in [2.05, 4.69) is 4.90 Å². The summed E-state index contributed by atoms with van der Waals surface area (Å²) in [5.41, 5.74) is 0. The molecule has 0 radical (unpaired) electrons. The number of piperidine rings is 1. The maximum Gasteiger partial charge on any atom is 0.308 e. The summed E-state index contributed by atoms with van der Waals surface area (Å²) in [6.45, 7) is 3.77. The Kier molecular flexibility index (Phi) is 3.59. The topological polar surface area (TPSA) is 38.8 Å². The molecule has 0 amide bonds. The van der Waals surface area contributed by atoms with E-state index >= 15 is 0 Å². The molecule has 2 saturated heterocycles. The van der Waals surface area contributed by atoms with Gasteiger partial charge in [-0.05, 0) is 32.4 Å². The maximum absolute atomic E-state index is 11.3. The predicted octanol–water partition coefficient (Wildman–Crippen LogP) is 0.660. The van der Waals surface area contributed by atoms with Gasteiger partial charge in [-0.3, -0.25) is 9.69 Å². The van der Waals surface area contributed by atoms with E-state index in [0.717, 1.165) is 45.6 Å². The van der Waals surface area contributed by atoms with Gasteiger partial charge in [-0.1, -0.05) is 0 Å². The van der Waals surface area contributed by atoms with E-state index < -0.39 is 0 Å². The molecule has 0 saturated carbocycles. The molecular weight excluding hydrogens is 194 g/mol. The second-order valence-corrected chi connectivity index (χ2v) is 4.35. The van der Waals surface area contributed by atoms with Crippen LogP contribution in [0.4, 0.5) is 0 Å². The molecule has 2 rings (SSSR count). The van der Waals surface area contributed by atoms with Gasteiger partial charge in [0.1, 0.15) is 0 Å². The minimum absolute atomic E-state index is 0.0441. The molecule has 0 aromatic heterocycles. The average Bonchev–Trinajstić information content (AvgIpc) is 2.82. The lowest BCUT2D eigenvalue weighted by Gasteiger charge is -2.34. The summed E-state index contributed by atoms with van der Waals surface area (Å²) in [6.07, 6.45) is 3.01. The number of hydrogen-bond acceptors (Lipinski definition) is 4. The highest BCUT2D eigenvalue weighted by molar-refractivity contribution is 5.72. The molecule has 0 bridgehead atoms. The zero-order valence-corrected chi connectivity index (χ0v) is 9.28. The molecule has 2 aliphatic rings. The molecule has 0 aromatic rings. The minimum atomic E-state index is -0.0441. The minimum Gasteiger partial charge on any atom is -0.469 e. The molecular formula is C11H19NO3. The lowest BCUT2D eigenvalue weighted by Crippen LogP contribution is -2.43. The average molecular weight is 213 g/mol. The second kappa shape index (κ2) is 4.94. The van der Waals surface area contributed by atoms with Crippen molar-refractivity contribution in [3.8, 4) is 0 Å². The van der Waals surface area contributed by atoms with Gasteiger partial charge in [0.25, 0.3) is 0 Å². The van der Waals surface area contributed by atoms with Crippen LogP contribution in [0.15, 0.2) is 0 Å². The van der Waals surface area contributed by atoms with Crippen LogP contribution in [0.5, 0.6) is 0 Å². The second-order valence-electron chi connectivity index (χ2n) is 4.35. The molecule has 1 unspecified atom stereocenters. The number of esters is 1. The van der Waals surface area contributed by atoms with Crippen molar-refractivity contribution in [3.05, 3.63) is 0 Å². The van der Waals surface area contributed by atoms with Crippen LogP contribution in [0.2, 0.25) is 0 Å². The van der Waals surface area contributed by atoms with E-state index in [-0.39, 0.29) is 11.9 Å². The Labute approximate surface area is 90.5 Å². The molecule has 2 aliphatic heterocycles. The SMILES string of the molecule is COC(=O)C1CCN(C2CCOC2)CC1. The number of carbonyl (C=O) groups is 1. The van der Waals surface area contributed by atoms with Crippen molar-refractivity contribution < 1.29 is 14.3 Å². The van der Waals surface area contributed by atoms with Crippen LogP contribution in [0.25, 0.3) is 0 Å². The first-order chi connectivity index (χ1) is 7.31. The quantitative estimate of drug-likeness (QED) is 0.632. The van der Waals surface area contributed by atoms with Crippen molar-refractivity contribution in [1.29, 1.82) is 0 Å². The molecule has 2 heterocycles. The molecule has 4 nitrogen and oxygen atoms in total. The van der Waals surface area contributed by atoms with Gasteiger partial charge in [-0.25, -0.2) is 0 Å². The van der Waals surface area contributed by atoms with Gasteiger partial charge in [0, 0.05) is 12.6 Å². The van der Waals surface area contributed by atoms with Crippen LogP contribution in [-0.4, -0.2) is 50.3 Å². The van der Waals surface area contributed by atoms with E-state index in [4.69, 9.17) is 9.47 Å². The Morgan fingerprint density at radius 2 is 2.07 bits per heavy atom. The molecule has 0 aliphatic carbocycles. The zero-order chi connectivity index (χ0) is 10.7. The van der Waals surface area contributed by atoms with Crippen molar-refractivity contribution in [2.24, 2.45) is 5.92 Å². The third-order valence-corrected chi connectivity index (χ3v) is 3.49. The van der Waals surface area contributed by atoms with Gasteiger partial charge in [-0.15, -0.1) is 0 Å². The third kappa shape index (κ3) is 2.49. The van der Waals surface area contributed by atoms with Crippen LogP contribution in [0, 0.1) is 5.92 Å². The number of likely N-dealkylation sites (tertiary alicyclic amines) is 1. The van der Waals surface area contributed by atoms with Crippen molar-refractivity contribution in [2.75, 3.05) is 33.4 Å². The molecule has 4 heteroatoms. The Balaban J connectivity index is 1.78. The summed E-state index contributed by atoms with van der Waals surface area (Å²) in [7, 11) is 1.47. The monoisotopic (exact) mass is 213 g/mol. The first-order valence-corrected chi connectivity index (χ1v) is 5.71. The largest absolute Gasteiger partial charge is 0.469 e. The Bertz CT molecular complexity index is 218. The molecule has 0 N–H and O–H groups in total. The van der Waals surface area contributed by atoms with Crippen molar-refractivity contribution >= 4 is 5.97 Å². The normalized spacial score (nSPS) is 29.3. The summed E-state index contributed by atoms with van der Waals surface area (Å²) in [4.78, 5) is 13.8. The summed E-state index contributed by atoms with van der Waals surface area (Å²) in [5, 5.41) is 0. The number of hydrogen-bond donors (Lipinski definition) is 0. The van der Waals surface area contributed by atoms with Gasteiger partial charge in [0.05, 0.1) is 19.6 Å². The van der Waals surface area contributed by atoms with E-state index in [0.29, 0.717) is 6.04 Å². The number of carbonyl (C=O) groups excluding carboxylic acids is 1. The molecule has 86 valence electrons. The van der Waals surface area contributed by atoms with Crippen molar-refractivity contribution in [3.63, 3.8) is 0 Å². The smallest absolute Gasteiger partial charge is 0.308 e. The zero-order valence-electron chi connectivity index (χ0n) is 9.28. The third-order valence-electron chi connectivity index (χ3n) is 3.49. The van der Waals surface area contributed by atoms with E-state index in [1.807, 2.05) is 0 Å². The Morgan fingerprint density at radius 1 is 1.33 bits per heavy atom. The first kappa shape index (κ1) is 10.9. The lowest BCUT2D eigenvalue weighted by atomic mass is 9.96.